The normalized spacial score (nSPS) is 18.1. The van der Waals surface area contributed by atoms with E-state index in [1.165, 1.54) is 0 Å². The highest BCUT2D eigenvalue weighted by molar-refractivity contribution is 7.75. The molecule has 4 nitrogen and oxygen atoms in total. The molecule has 1 aliphatic heterocycles. The Hall–Kier alpha value is -0.750. The van der Waals surface area contributed by atoms with E-state index < -0.39 is 6.10 Å². The van der Waals surface area contributed by atoms with Gasteiger partial charge in [-0.2, -0.15) is 0 Å². The van der Waals surface area contributed by atoms with Crippen molar-refractivity contribution in [1.29, 1.82) is 0 Å². The van der Waals surface area contributed by atoms with Gasteiger partial charge >= 0.3 is 0 Å². The van der Waals surface area contributed by atoms with Crippen LogP contribution >= 0.6 is 12.9 Å². The lowest BCUT2D eigenvalue weighted by molar-refractivity contribution is 0.121. The monoisotopic (exact) mass is 254 g/mol. The molecule has 0 saturated carbocycles. The predicted octanol–water partition coefficient (Wildman–Crippen LogP) is 0.991. The minimum Gasteiger partial charge on any atom is -0.386 e. The molecular weight excluding hydrogens is 236 g/mol. The molecule has 0 aliphatic carbocycles. The standard InChI is InChI=1S/C12H18N2O2S/c15-12(9-16-17)10-2-1-3-11(8-10)14-6-4-13-5-7-14/h1-3,8,12-13,15,17H,4-7,9H2/t12-/m0/s1. The second-order valence-corrected chi connectivity index (χ2v) is 4.40. The SMILES string of the molecule is O[C@@H](COS)c1cccc(N2CCNCC2)c1. The number of benzene rings is 1. The molecule has 2 N–H and O–H groups in total. The molecule has 94 valence electrons. The van der Waals surface area contributed by atoms with Crippen LogP contribution in [0.5, 0.6) is 0 Å². The lowest BCUT2D eigenvalue weighted by atomic mass is 10.1. The maximum absolute atomic E-state index is 9.84. The Morgan fingerprint density at radius 3 is 2.88 bits per heavy atom. The molecule has 1 heterocycles. The van der Waals surface area contributed by atoms with E-state index in [9.17, 15) is 5.11 Å². The zero-order valence-electron chi connectivity index (χ0n) is 9.67. The third-order valence-electron chi connectivity index (χ3n) is 2.97. The Morgan fingerprint density at radius 2 is 2.18 bits per heavy atom. The third kappa shape index (κ3) is 3.35. The Kier molecular flexibility index (Phi) is 4.67. The van der Waals surface area contributed by atoms with E-state index in [1.807, 2.05) is 18.2 Å². The van der Waals surface area contributed by atoms with Crippen LogP contribution in [0.2, 0.25) is 0 Å². The van der Waals surface area contributed by atoms with E-state index >= 15 is 0 Å². The van der Waals surface area contributed by atoms with Crippen LogP contribution < -0.4 is 10.2 Å². The molecule has 17 heavy (non-hydrogen) atoms. The van der Waals surface area contributed by atoms with Gasteiger partial charge in [-0.3, -0.25) is 0 Å². The fourth-order valence-electron chi connectivity index (χ4n) is 2.02. The van der Waals surface area contributed by atoms with Crippen LogP contribution in [0.25, 0.3) is 0 Å². The Labute approximate surface area is 107 Å². The lowest BCUT2D eigenvalue weighted by Crippen LogP contribution is -2.43. The topological polar surface area (TPSA) is 44.7 Å². The van der Waals surface area contributed by atoms with E-state index in [4.69, 9.17) is 0 Å². The van der Waals surface area contributed by atoms with Gasteiger partial charge < -0.3 is 19.5 Å². The fourth-order valence-corrected chi connectivity index (χ4v) is 2.16. The molecule has 0 amide bonds. The van der Waals surface area contributed by atoms with E-state index in [-0.39, 0.29) is 6.61 Å². The fraction of sp³-hybridized carbons (Fsp3) is 0.500. The summed E-state index contributed by atoms with van der Waals surface area (Å²) in [4.78, 5) is 2.31. The van der Waals surface area contributed by atoms with Crippen molar-refractivity contribution in [2.24, 2.45) is 0 Å². The van der Waals surface area contributed by atoms with Crippen molar-refractivity contribution in [1.82, 2.24) is 5.32 Å². The van der Waals surface area contributed by atoms with Gasteiger partial charge in [-0.05, 0) is 30.6 Å². The molecule has 0 aromatic heterocycles. The van der Waals surface area contributed by atoms with Crippen LogP contribution in [-0.2, 0) is 4.18 Å². The van der Waals surface area contributed by atoms with E-state index in [0.717, 1.165) is 37.4 Å². The average Bonchev–Trinajstić information content (AvgIpc) is 2.40. The maximum Gasteiger partial charge on any atom is 0.104 e. The quantitative estimate of drug-likeness (QED) is 0.554. The Bertz CT molecular complexity index is 356. The van der Waals surface area contributed by atoms with Crippen LogP contribution in [0.1, 0.15) is 11.7 Å². The van der Waals surface area contributed by atoms with Crippen molar-refractivity contribution < 1.29 is 9.29 Å². The van der Waals surface area contributed by atoms with Gasteiger partial charge in [0.05, 0.1) is 6.61 Å². The summed E-state index contributed by atoms with van der Waals surface area (Å²) in [6.07, 6.45) is -0.615. The molecule has 2 rings (SSSR count). The largest absolute Gasteiger partial charge is 0.386 e. The van der Waals surface area contributed by atoms with Crippen LogP contribution in [-0.4, -0.2) is 37.9 Å². The maximum atomic E-state index is 9.84. The summed E-state index contributed by atoms with van der Waals surface area (Å²) in [7, 11) is 0. The van der Waals surface area contributed by atoms with Crippen molar-refractivity contribution in [2.45, 2.75) is 6.10 Å². The first-order chi connectivity index (χ1) is 8.31. The zero-order chi connectivity index (χ0) is 12.1. The molecular formula is C12H18N2O2S. The second kappa shape index (κ2) is 6.26. The van der Waals surface area contributed by atoms with Crippen molar-refractivity contribution in [3.05, 3.63) is 29.8 Å². The summed E-state index contributed by atoms with van der Waals surface area (Å²) < 4.78 is 4.66. The zero-order valence-corrected chi connectivity index (χ0v) is 10.6. The van der Waals surface area contributed by atoms with Gasteiger partial charge in [0, 0.05) is 31.9 Å². The smallest absolute Gasteiger partial charge is 0.104 e. The average molecular weight is 254 g/mol. The van der Waals surface area contributed by atoms with Crippen LogP contribution in [0.4, 0.5) is 5.69 Å². The second-order valence-electron chi connectivity index (χ2n) is 4.14. The summed E-state index contributed by atoms with van der Waals surface area (Å²) in [5.41, 5.74) is 2.03. The number of piperazine rings is 1. The minimum atomic E-state index is -0.615. The van der Waals surface area contributed by atoms with Gasteiger partial charge in [0.1, 0.15) is 6.10 Å². The number of hydrogen-bond donors (Lipinski definition) is 3. The van der Waals surface area contributed by atoms with Crippen molar-refractivity contribution in [3.63, 3.8) is 0 Å². The van der Waals surface area contributed by atoms with Gasteiger partial charge in [-0.1, -0.05) is 12.1 Å². The first-order valence-electron chi connectivity index (χ1n) is 5.81. The van der Waals surface area contributed by atoms with E-state index in [2.05, 4.69) is 33.4 Å². The molecule has 1 aromatic rings. The summed E-state index contributed by atoms with van der Waals surface area (Å²) in [6, 6.07) is 7.96. The molecule has 1 saturated heterocycles. The number of nitrogens with zero attached hydrogens (tertiary/aromatic N) is 1. The number of hydrogen-bond acceptors (Lipinski definition) is 5. The number of anilines is 1. The number of thiol groups is 1. The first kappa shape index (κ1) is 12.7. The van der Waals surface area contributed by atoms with Crippen molar-refractivity contribution >= 4 is 18.6 Å². The molecule has 0 radical (unpaired) electrons. The van der Waals surface area contributed by atoms with Gasteiger partial charge in [-0.25, -0.2) is 0 Å². The lowest BCUT2D eigenvalue weighted by Gasteiger charge is -2.30. The first-order valence-corrected chi connectivity index (χ1v) is 6.18. The van der Waals surface area contributed by atoms with E-state index in [0.29, 0.717) is 0 Å². The van der Waals surface area contributed by atoms with Gasteiger partial charge in [0.25, 0.3) is 0 Å². The van der Waals surface area contributed by atoms with Gasteiger partial charge in [0.15, 0.2) is 0 Å². The molecule has 0 bridgehead atoms. The van der Waals surface area contributed by atoms with Crippen molar-refractivity contribution in [3.8, 4) is 0 Å². The highest BCUT2D eigenvalue weighted by atomic mass is 32.1. The summed E-state index contributed by atoms with van der Waals surface area (Å²) in [5.74, 6) is 0. The van der Waals surface area contributed by atoms with E-state index in [1.54, 1.807) is 0 Å². The number of aliphatic hydroxyl groups excluding tert-OH is 1. The molecule has 5 heteroatoms. The Balaban J connectivity index is 2.09. The van der Waals surface area contributed by atoms with Crippen LogP contribution in [0.3, 0.4) is 0 Å². The van der Waals surface area contributed by atoms with Crippen LogP contribution in [0, 0.1) is 0 Å². The molecule has 1 atom stereocenters. The molecule has 1 aromatic carbocycles. The van der Waals surface area contributed by atoms with Crippen LogP contribution in [0.15, 0.2) is 24.3 Å². The van der Waals surface area contributed by atoms with Gasteiger partial charge in [-0.15, -0.1) is 0 Å². The summed E-state index contributed by atoms with van der Waals surface area (Å²) in [5, 5.41) is 13.2. The summed E-state index contributed by atoms with van der Waals surface area (Å²) >= 11 is 3.66. The molecule has 0 spiro atoms. The number of aliphatic hydroxyl groups is 1. The third-order valence-corrected chi connectivity index (χ3v) is 3.12. The molecule has 1 aliphatic rings. The number of nitrogens with one attached hydrogen (secondary N) is 1. The highest BCUT2D eigenvalue weighted by Crippen LogP contribution is 2.21. The van der Waals surface area contributed by atoms with Crippen molar-refractivity contribution in [2.75, 3.05) is 37.7 Å². The minimum absolute atomic E-state index is 0.203. The number of rotatable bonds is 4. The van der Waals surface area contributed by atoms with Gasteiger partial charge in [0.2, 0.25) is 0 Å². The molecule has 0 unspecified atom stereocenters. The predicted molar refractivity (Wildman–Crippen MR) is 71.4 cm³/mol. The highest BCUT2D eigenvalue weighted by Gasteiger charge is 2.13. The molecule has 1 fully saturated rings. The summed E-state index contributed by atoms with van der Waals surface area (Å²) in [6.45, 7) is 4.22. The Morgan fingerprint density at radius 1 is 1.41 bits per heavy atom.